The first kappa shape index (κ1) is 14.7. The lowest BCUT2D eigenvalue weighted by molar-refractivity contribution is 0.355. The van der Waals surface area contributed by atoms with Crippen molar-refractivity contribution >= 4 is 0 Å². The fourth-order valence-electron chi connectivity index (χ4n) is 1.98. The first-order valence-electron chi connectivity index (χ1n) is 6.95. The Hall–Kier alpha value is -1.68. The van der Waals surface area contributed by atoms with Crippen molar-refractivity contribution in [3.05, 3.63) is 53.6 Å². The average molecular weight is 275 g/mol. The van der Waals surface area contributed by atoms with Crippen LogP contribution >= 0.6 is 0 Å². The van der Waals surface area contributed by atoms with Crippen molar-refractivity contribution in [3.63, 3.8) is 0 Å². The van der Waals surface area contributed by atoms with Crippen LogP contribution in [-0.4, -0.2) is 16.3 Å². The first-order valence-corrected chi connectivity index (χ1v) is 6.95. The van der Waals surface area contributed by atoms with Gasteiger partial charge in [0.15, 0.2) is 0 Å². The first-order chi connectivity index (χ1) is 9.47. The molecule has 0 saturated carbocycles. The summed E-state index contributed by atoms with van der Waals surface area (Å²) in [6.45, 7) is 7.87. The summed E-state index contributed by atoms with van der Waals surface area (Å²) in [5, 5.41) is 7.68. The van der Waals surface area contributed by atoms with Gasteiger partial charge in [0.05, 0.1) is 11.7 Å². The average Bonchev–Trinajstić information content (AvgIpc) is 2.85. The van der Waals surface area contributed by atoms with E-state index in [1.165, 1.54) is 6.07 Å². The molecular formula is C16H22FN3. The molecule has 20 heavy (non-hydrogen) atoms. The van der Waals surface area contributed by atoms with Gasteiger partial charge in [0, 0.05) is 18.3 Å². The van der Waals surface area contributed by atoms with E-state index in [1.54, 1.807) is 6.07 Å². The van der Waals surface area contributed by atoms with Crippen molar-refractivity contribution in [1.82, 2.24) is 15.1 Å². The van der Waals surface area contributed by atoms with Crippen LogP contribution in [0.5, 0.6) is 0 Å². The number of aromatic nitrogens is 2. The molecule has 0 spiro atoms. The Kier molecular flexibility index (Phi) is 4.55. The van der Waals surface area contributed by atoms with E-state index in [0.29, 0.717) is 6.42 Å². The predicted octanol–water partition coefficient (Wildman–Crippen LogP) is 3.11. The normalized spacial score (nSPS) is 11.8. The molecule has 0 unspecified atom stereocenters. The lowest BCUT2D eigenvalue weighted by Gasteiger charge is -2.18. The lowest BCUT2D eigenvalue weighted by atomic mass is 10.1. The zero-order valence-corrected chi connectivity index (χ0v) is 12.4. The topological polar surface area (TPSA) is 29.9 Å². The summed E-state index contributed by atoms with van der Waals surface area (Å²) in [5.41, 5.74) is 1.91. The van der Waals surface area contributed by atoms with Crippen molar-refractivity contribution in [3.8, 4) is 0 Å². The van der Waals surface area contributed by atoms with E-state index in [1.807, 2.05) is 23.0 Å². The van der Waals surface area contributed by atoms with Gasteiger partial charge in [0.2, 0.25) is 0 Å². The summed E-state index contributed by atoms with van der Waals surface area (Å²) in [6.07, 6.45) is 4.62. The van der Waals surface area contributed by atoms with Crippen molar-refractivity contribution in [2.24, 2.45) is 0 Å². The van der Waals surface area contributed by atoms with Gasteiger partial charge in [-0.3, -0.25) is 4.68 Å². The van der Waals surface area contributed by atoms with Crippen LogP contribution in [0.3, 0.4) is 0 Å². The van der Waals surface area contributed by atoms with Crippen LogP contribution in [0.2, 0.25) is 0 Å². The van der Waals surface area contributed by atoms with E-state index in [0.717, 1.165) is 24.2 Å². The molecule has 0 aliphatic carbocycles. The maximum absolute atomic E-state index is 13.4. The van der Waals surface area contributed by atoms with Gasteiger partial charge in [-0.1, -0.05) is 18.2 Å². The molecule has 1 aromatic carbocycles. The minimum absolute atomic E-state index is 0.00537. The fraction of sp³-hybridized carbons (Fsp3) is 0.438. The Morgan fingerprint density at radius 2 is 2.00 bits per heavy atom. The summed E-state index contributed by atoms with van der Waals surface area (Å²) in [4.78, 5) is 0. The summed E-state index contributed by atoms with van der Waals surface area (Å²) in [6, 6.07) is 6.91. The molecule has 0 fully saturated rings. The molecule has 3 nitrogen and oxygen atoms in total. The van der Waals surface area contributed by atoms with Gasteiger partial charge in [-0.25, -0.2) is 4.39 Å². The minimum atomic E-state index is -0.130. The van der Waals surface area contributed by atoms with Crippen molar-refractivity contribution in [2.75, 3.05) is 6.54 Å². The highest BCUT2D eigenvalue weighted by molar-refractivity contribution is 5.17. The van der Waals surface area contributed by atoms with E-state index in [-0.39, 0.29) is 11.4 Å². The zero-order chi connectivity index (χ0) is 14.6. The van der Waals surface area contributed by atoms with Gasteiger partial charge in [-0.2, -0.15) is 5.10 Å². The van der Waals surface area contributed by atoms with Gasteiger partial charge in [-0.15, -0.1) is 0 Å². The van der Waals surface area contributed by atoms with Gasteiger partial charge in [0.25, 0.3) is 0 Å². The quantitative estimate of drug-likeness (QED) is 0.850. The molecule has 0 bridgehead atoms. The van der Waals surface area contributed by atoms with Gasteiger partial charge >= 0.3 is 0 Å². The standard InChI is InChI=1S/C16H22FN3/c1-16(2,3)20-12-13(11-19-20)10-18-9-8-14-6-4-5-7-15(14)17/h4-7,11-12,18H,8-10H2,1-3H3. The maximum Gasteiger partial charge on any atom is 0.126 e. The van der Waals surface area contributed by atoms with Gasteiger partial charge < -0.3 is 5.32 Å². The number of nitrogens with one attached hydrogen (secondary N) is 1. The van der Waals surface area contributed by atoms with Crippen molar-refractivity contribution in [1.29, 1.82) is 0 Å². The number of benzene rings is 1. The molecule has 1 N–H and O–H groups in total. The van der Waals surface area contributed by atoms with Crippen LogP contribution < -0.4 is 5.32 Å². The molecule has 0 radical (unpaired) electrons. The molecule has 2 aromatic rings. The molecule has 0 atom stereocenters. The highest BCUT2D eigenvalue weighted by Crippen LogP contribution is 2.13. The molecule has 4 heteroatoms. The largest absolute Gasteiger partial charge is 0.312 e. The summed E-state index contributed by atoms with van der Waals surface area (Å²) >= 11 is 0. The number of rotatable bonds is 5. The number of hydrogen-bond donors (Lipinski definition) is 1. The minimum Gasteiger partial charge on any atom is -0.312 e. The molecule has 108 valence electrons. The Balaban J connectivity index is 1.79. The van der Waals surface area contributed by atoms with Crippen LogP contribution in [0.15, 0.2) is 36.7 Å². The summed E-state index contributed by atoms with van der Waals surface area (Å²) < 4.78 is 15.4. The Morgan fingerprint density at radius 3 is 2.65 bits per heavy atom. The maximum atomic E-state index is 13.4. The molecule has 2 rings (SSSR count). The second-order valence-electron chi connectivity index (χ2n) is 5.98. The van der Waals surface area contributed by atoms with Crippen LogP contribution in [0.25, 0.3) is 0 Å². The molecular weight excluding hydrogens is 253 g/mol. The third-order valence-corrected chi connectivity index (χ3v) is 3.18. The van der Waals surface area contributed by atoms with E-state index in [9.17, 15) is 4.39 Å². The van der Waals surface area contributed by atoms with Crippen LogP contribution in [0.1, 0.15) is 31.9 Å². The second-order valence-corrected chi connectivity index (χ2v) is 5.98. The highest BCUT2D eigenvalue weighted by Gasteiger charge is 2.13. The van der Waals surface area contributed by atoms with Gasteiger partial charge in [0.1, 0.15) is 5.82 Å². The van der Waals surface area contributed by atoms with Crippen molar-refractivity contribution in [2.45, 2.75) is 39.3 Å². The molecule has 0 aliphatic rings. The second kappa shape index (κ2) is 6.18. The molecule has 0 amide bonds. The van der Waals surface area contributed by atoms with Gasteiger partial charge in [-0.05, 0) is 45.4 Å². The van der Waals surface area contributed by atoms with Crippen molar-refractivity contribution < 1.29 is 4.39 Å². The molecule has 0 aliphatic heterocycles. The van der Waals surface area contributed by atoms with E-state index in [2.05, 4.69) is 37.4 Å². The summed E-state index contributed by atoms with van der Waals surface area (Å²) in [5.74, 6) is -0.130. The predicted molar refractivity (Wildman–Crippen MR) is 79.0 cm³/mol. The van der Waals surface area contributed by atoms with Crippen LogP contribution in [0.4, 0.5) is 4.39 Å². The number of hydrogen-bond acceptors (Lipinski definition) is 2. The Labute approximate surface area is 119 Å². The molecule has 1 heterocycles. The zero-order valence-electron chi connectivity index (χ0n) is 12.4. The Bertz CT molecular complexity index is 555. The van der Waals surface area contributed by atoms with Crippen LogP contribution in [-0.2, 0) is 18.5 Å². The summed E-state index contributed by atoms with van der Waals surface area (Å²) in [7, 11) is 0. The number of halogens is 1. The lowest BCUT2D eigenvalue weighted by Crippen LogP contribution is -2.22. The van der Waals surface area contributed by atoms with E-state index in [4.69, 9.17) is 0 Å². The third-order valence-electron chi connectivity index (χ3n) is 3.18. The highest BCUT2D eigenvalue weighted by atomic mass is 19.1. The fourth-order valence-corrected chi connectivity index (χ4v) is 1.98. The Morgan fingerprint density at radius 1 is 1.25 bits per heavy atom. The molecule has 1 aromatic heterocycles. The van der Waals surface area contributed by atoms with Crippen LogP contribution in [0, 0.1) is 5.82 Å². The SMILES string of the molecule is CC(C)(C)n1cc(CNCCc2ccccc2F)cn1. The number of nitrogens with zero attached hydrogens (tertiary/aromatic N) is 2. The van der Waals surface area contributed by atoms with E-state index >= 15 is 0 Å². The molecule has 0 saturated heterocycles. The monoisotopic (exact) mass is 275 g/mol. The van der Waals surface area contributed by atoms with E-state index < -0.39 is 0 Å². The smallest absolute Gasteiger partial charge is 0.126 e. The third kappa shape index (κ3) is 3.90.